The number of likely N-dealkylation sites (N-methyl/N-ethyl adjacent to an activating group) is 1. The number of amides is 1. The maximum atomic E-state index is 12.6. The Balaban J connectivity index is 1.62. The van der Waals surface area contributed by atoms with Gasteiger partial charge in [0.25, 0.3) is 5.91 Å². The Morgan fingerprint density at radius 2 is 2.12 bits per heavy atom. The number of hydrogen-bond donors (Lipinski definition) is 0. The normalized spacial score (nSPS) is 18.4. The maximum absolute atomic E-state index is 12.6. The van der Waals surface area contributed by atoms with Gasteiger partial charge in [-0.3, -0.25) is 4.79 Å². The van der Waals surface area contributed by atoms with Crippen LogP contribution < -0.4 is 4.74 Å². The quantitative estimate of drug-likeness (QED) is 0.854. The van der Waals surface area contributed by atoms with E-state index >= 15 is 0 Å². The number of carbonyl (C=O) groups excluding carboxylic acids is 1. The average Bonchev–Trinajstić information content (AvgIpc) is 3.06. The lowest BCUT2D eigenvalue weighted by Gasteiger charge is -2.37. The average molecular weight is 343 g/mol. The van der Waals surface area contributed by atoms with Crippen LogP contribution in [0, 0.1) is 13.8 Å². The van der Waals surface area contributed by atoms with E-state index in [0.29, 0.717) is 30.6 Å². The van der Waals surface area contributed by atoms with Crippen molar-refractivity contribution in [3.8, 4) is 5.75 Å². The van der Waals surface area contributed by atoms with Crippen molar-refractivity contribution in [2.75, 3.05) is 26.7 Å². The van der Waals surface area contributed by atoms with Crippen molar-refractivity contribution in [1.82, 2.24) is 15.0 Å². The smallest absolute Gasteiger partial charge is 0.276 e. The second kappa shape index (κ2) is 7.27. The number of nitrogens with zero attached hydrogens (tertiary/aromatic N) is 3. The highest BCUT2D eigenvalue weighted by Crippen LogP contribution is 2.21. The van der Waals surface area contributed by atoms with Crippen LogP contribution in [0.1, 0.15) is 34.3 Å². The Labute approximate surface area is 148 Å². The van der Waals surface area contributed by atoms with Crippen LogP contribution in [-0.2, 0) is 6.61 Å². The lowest BCUT2D eigenvalue weighted by atomic mass is 10.1. The van der Waals surface area contributed by atoms with E-state index < -0.39 is 0 Å². The van der Waals surface area contributed by atoms with Crippen LogP contribution in [0.25, 0.3) is 0 Å². The van der Waals surface area contributed by atoms with Crippen LogP contribution in [0.2, 0.25) is 0 Å². The molecule has 0 N–H and O–H groups in total. The van der Waals surface area contributed by atoms with Crippen LogP contribution in [0.5, 0.6) is 5.75 Å². The van der Waals surface area contributed by atoms with Crippen molar-refractivity contribution in [2.24, 2.45) is 0 Å². The van der Waals surface area contributed by atoms with Crippen LogP contribution in [0.15, 0.2) is 28.8 Å². The van der Waals surface area contributed by atoms with Crippen molar-refractivity contribution < 1.29 is 14.1 Å². The summed E-state index contributed by atoms with van der Waals surface area (Å²) >= 11 is 0. The molecule has 25 heavy (non-hydrogen) atoms. The molecule has 134 valence electrons. The summed E-state index contributed by atoms with van der Waals surface area (Å²) in [6.45, 7) is 8.67. The molecule has 1 aromatic carbocycles. The fourth-order valence-corrected chi connectivity index (χ4v) is 2.89. The van der Waals surface area contributed by atoms with Gasteiger partial charge in [0.05, 0.1) is 0 Å². The van der Waals surface area contributed by atoms with E-state index in [1.54, 1.807) is 6.07 Å². The summed E-state index contributed by atoms with van der Waals surface area (Å²) in [4.78, 5) is 16.7. The van der Waals surface area contributed by atoms with Crippen LogP contribution in [0.3, 0.4) is 0 Å². The van der Waals surface area contributed by atoms with Gasteiger partial charge in [-0.15, -0.1) is 0 Å². The summed E-state index contributed by atoms with van der Waals surface area (Å²) in [6, 6.07) is 8.08. The number of ether oxygens (including phenoxy) is 1. The Morgan fingerprint density at radius 3 is 2.88 bits per heavy atom. The minimum Gasteiger partial charge on any atom is -0.485 e. The molecule has 1 aliphatic heterocycles. The Bertz CT molecular complexity index is 756. The number of benzene rings is 1. The number of aryl methyl sites for hydroxylation is 2. The number of rotatable bonds is 4. The van der Waals surface area contributed by atoms with Crippen molar-refractivity contribution >= 4 is 5.91 Å². The number of aromatic nitrogens is 1. The third kappa shape index (κ3) is 4.02. The van der Waals surface area contributed by atoms with E-state index in [9.17, 15) is 4.79 Å². The molecule has 1 aliphatic rings. The van der Waals surface area contributed by atoms with Crippen LogP contribution in [-0.4, -0.2) is 53.6 Å². The van der Waals surface area contributed by atoms with E-state index in [2.05, 4.69) is 24.0 Å². The molecule has 1 amide bonds. The van der Waals surface area contributed by atoms with Gasteiger partial charge in [-0.1, -0.05) is 17.3 Å². The fourth-order valence-electron chi connectivity index (χ4n) is 2.89. The van der Waals surface area contributed by atoms with Gasteiger partial charge >= 0.3 is 0 Å². The number of carbonyl (C=O) groups is 1. The molecule has 0 aliphatic carbocycles. The Morgan fingerprint density at radius 1 is 1.32 bits per heavy atom. The summed E-state index contributed by atoms with van der Waals surface area (Å²) in [5, 5.41) is 3.93. The molecular weight excluding hydrogens is 318 g/mol. The van der Waals surface area contributed by atoms with Gasteiger partial charge in [0.1, 0.15) is 12.4 Å². The highest BCUT2D eigenvalue weighted by molar-refractivity contribution is 5.92. The first-order valence-electron chi connectivity index (χ1n) is 8.59. The van der Waals surface area contributed by atoms with Crippen LogP contribution >= 0.6 is 0 Å². The third-order valence-electron chi connectivity index (χ3n) is 4.74. The molecule has 6 heteroatoms. The Kier molecular flexibility index (Phi) is 5.08. The first-order valence-corrected chi connectivity index (χ1v) is 8.59. The summed E-state index contributed by atoms with van der Waals surface area (Å²) < 4.78 is 11.1. The zero-order valence-corrected chi connectivity index (χ0v) is 15.3. The van der Waals surface area contributed by atoms with E-state index in [-0.39, 0.29) is 12.5 Å². The second-order valence-electron chi connectivity index (χ2n) is 6.82. The van der Waals surface area contributed by atoms with E-state index in [1.165, 1.54) is 0 Å². The predicted octanol–water partition coefficient (Wildman–Crippen LogP) is 2.65. The highest BCUT2D eigenvalue weighted by atomic mass is 16.5. The summed E-state index contributed by atoms with van der Waals surface area (Å²) in [7, 11) is 2.07. The number of hydrogen-bond acceptors (Lipinski definition) is 5. The molecule has 0 saturated carbocycles. The monoisotopic (exact) mass is 343 g/mol. The fraction of sp³-hybridized carbons (Fsp3) is 0.474. The summed E-state index contributed by atoms with van der Waals surface area (Å²) in [6.07, 6.45) is 0. The maximum Gasteiger partial charge on any atom is 0.276 e. The first-order chi connectivity index (χ1) is 11.9. The lowest BCUT2D eigenvalue weighted by molar-refractivity contribution is 0.0562. The molecule has 2 heterocycles. The van der Waals surface area contributed by atoms with Gasteiger partial charge in [0, 0.05) is 31.7 Å². The van der Waals surface area contributed by atoms with Gasteiger partial charge < -0.3 is 19.1 Å². The van der Waals surface area contributed by atoms with E-state index in [1.807, 2.05) is 36.9 Å². The molecule has 3 rings (SSSR count). The molecule has 1 saturated heterocycles. The lowest BCUT2D eigenvalue weighted by Crippen LogP contribution is -2.52. The SMILES string of the molecule is Cc1ccc(C)c(OCc2cc(C(=O)N3CCN(C)[C@@H](C)C3)no2)c1. The molecule has 2 aromatic rings. The Hall–Kier alpha value is -2.34. The molecule has 0 radical (unpaired) electrons. The van der Waals surface area contributed by atoms with E-state index in [0.717, 1.165) is 23.4 Å². The van der Waals surface area contributed by atoms with E-state index in [4.69, 9.17) is 9.26 Å². The first kappa shape index (κ1) is 17.5. The third-order valence-corrected chi connectivity index (χ3v) is 4.74. The minimum absolute atomic E-state index is 0.0818. The largest absolute Gasteiger partial charge is 0.485 e. The molecule has 0 unspecified atom stereocenters. The molecular formula is C19H25N3O3. The molecule has 0 spiro atoms. The van der Waals surface area contributed by atoms with Crippen molar-refractivity contribution in [2.45, 2.75) is 33.4 Å². The van der Waals surface area contributed by atoms with Crippen molar-refractivity contribution in [3.05, 3.63) is 46.8 Å². The minimum atomic E-state index is -0.0818. The van der Waals surface area contributed by atoms with Gasteiger partial charge in [-0.05, 0) is 45.0 Å². The predicted molar refractivity (Wildman–Crippen MR) is 94.7 cm³/mol. The second-order valence-corrected chi connectivity index (χ2v) is 6.82. The zero-order chi connectivity index (χ0) is 18.0. The molecule has 1 atom stereocenters. The standard InChI is InChI=1S/C19H25N3O3/c1-13-5-6-14(2)18(9-13)24-12-16-10-17(20-25-16)19(23)22-8-7-21(4)15(3)11-22/h5-6,9-10,15H,7-8,11-12H2,1-4H3/t15-/m0/s1. The van der Waals surface area contributed by atoms with Gasteiger partial charge in [-0.25, -0.2) is 0 Å². The summed E-state index contributed by atoms with van der Waals surface area (Å²) in [5.41, 5.74) is 2.54. The van der Waals surface area contributed by atoms with Crippen molar-refractivity contribution in [3.63, 3.8) is 0 Å². The van der Waals surface area contributed by atoms with Crippen LogP contribution in [0.4, 0.5) is 0 Å². The molecule has 1 fully saturated rings. The molecule has 1 aromatic heterocycles. The summed E-state index contributed by atoms with van der Waals surface area (Å²) in [5.74, 6) is 1.28. The molecule has 0 bridgehead atoms. The molecule has 6 nitrogen and oxygen atoms in total. The topological polar surface area (TPSA) is 58.8 Å². The number of piperazine rings is 1. The zero-order valence-electron chi connectivity index (χ0n) is 15.3. The van der Waals surface area contributed by atoms with Gasteiger partial charge in [0.15, 0.2) is 11.5 Å². The van der Waals surface area contributed by atoms with Gasteiger partial charge in [-0.2, -0.15) is 0 Å². The highest BCUT2D eigenvalue weighted by Gasteiger charge is 2.27. The van der Waals surface area contributed by atoms with Gasteiger partial charge in [0.2, 0.25) is 0 Å². The van der Waals surface area contributed by atoms with Crippen molar-refractivity contribution in [1.29, 1.82) is 0 Å².